The van der Waals surface area contributed by atoms with Gasteiger partial charge in [-0.1, -0.05) is 60.7 Å². The van der Waals surface area contributed by atoms with Gasteiger partial charge in [0.15, 0.2) is 0 Å². The minimum atomic E-state index is -0.784. The number of hydrogen-bond acceptors (Lipinski definition) is 4. The highest BCUT2D eigenvalue weighted by molar-refractivity contribution is 6.05. The molecule has 1 N–H and O–H groups in total. The molecule has 0 bridgehead atoms. The van der Waals surface area contributed by atoms with E-state index in [0.717, 1.165) is 11.1 Å². The quantitative estimate of drug-likeness (QED) is 0.791. The summed E-state index contributed by atoms with van der Waals surface area (Å²) in [6.45, 7) is 1.83. The smallest absolute Gasteiger partial charge is 0.249 e. The Morgan fingerprint density at radius 3 is 2.30 bits per heavy atom. The van der Waals surface area contributed by atoms with Gasteiger partial charge in [-0.3, -0.25) is 0 Å². The van der Waals surface area contributed by atoms with Crippen LogP contribution in [0.2, 0.25) is 0 Å². The molecule has 2 heterocycles. The summed E-state index contributed by atoms with van der Waals surface area (Å²) in [6.07, 6.45) is -0.784. The molecule has 0 aliphatic carbocycles. The van der Waals surface area contributed by atoms with E-state index in [0.29, 0.717) is 17.5 Å². The Morgan fingerprint density at radius 2 is 1.61 bits per heavy atom. The van der Waals surface area contributed by atoms with Crippen LogP contribution in [0, 0.1) is 6.92 Å². The summed E-state index contributed by atoms with van der Waals surface area (Å²) >= 11 is 0. The van der Waals surface area contributed by atoms with Gasteiger partial charge in [-0.25, -0.2) is 9.67 Å². The van der Waals surface area contributed by atoms with Crippen LogP contribution < -0.4 is 0 Å². The molecule has 2 unspecified atom stereocenters. The van der Waals surface area contributed by atoms with E-state index < -0.39 is 6.10 Å². The third kappa shape index (κ3) is 2.35. The molecule has 3 aromatic rings. The number of aliphatic hydroxyl groups is 1. The Kier molecular flexibility index (Phi) is 3.28. The van der Waals surface area contributed by atoms with Gasteiger partial charge in [-0.05, 0) is 18.1 Å². The van der Waals surface area contributed by atoms with E-state index in [9.17, 15) is 5.11 Å². The fraction of sp³-hybridized carbons (Fsp3) is 0.167. The van der Waals surface area contributed by atoms with Gasteiger partial charge in [0.2, 0.25) is 5.95 Å². The highest BCUT2D eigenvalue weighted by atomic mass is 16.3. The van der Waals surface area contributed by atoms with E-state index in [1.54, 1.807) is 4.68 Å². The first-order chi connectivity index (χ1) is 11.2. The van der Waals surface area contributed by atoms with Gasteiger partial charge in [0.1, 0.15) is 18.0 Å². The van der Waals surface area contributed by atoms with Gasteiger partial charge < -0.3 is 5.11 Å². The number of fused-ring (bicyclic) bond motifs is 1. The predicted molar refractivity (Wildman–Crippen MR) is 88.0 cm³/mol. The molecular weight excluding hydrogens is 288 g/mol. The molecule has 23 heavy (non-hydrogen) atoms. The van der Waals surface area contributed by atoms with Crippen molar-refractivity contribution in [2.45, 2.75) is 19.1 Å². The van der Waals surface area contributed by atoms with Gasteiger partial charge in [0.25, 0.3) is 0 Å². The third-order valence-electron chi connectivity index (χ3n) is 3.99. The Morgan fingerprint density at radius 1 is 0.957 bits per heavy atom. The van der Waals surface area contributed by atoms with Crippen molar-refractivity contribution in [3.63, 3.8) is 0 Å². The van der Waals surface area contributed by atoms with Gasteiger partial charge in [0, 0.05) is 0 Å². The molecule has 2 aromatic carbocycles. The van der Waals surface area contributed by atoms with Crippen LogP contribution in [0.5, 0.6) is 0 Å². The maximum Gasteiger partial charge on any atom is 0.249 e. The number of hydrogen-bond donors (Lipinski definition) is 1. The number of nitrogens with zero attached hydrogens (tertiary/aromatic N) is 4. The van der Waals surface area contributed by atoms with E-state index in [-0.39, 0.29) is 6.04 Å². The highest BCUT2D eigenvalue weighted by Gasteiger charge is 2.35. The highest BCUT2D eigenvalue weighted by Crippen LogP contribution is 2.32. The van der Waals surface area contributed by atoms with E-state index in [4.69, 9.17) is 0 Å². The number of aliphatic hydroxyl groups excluding tert-OH is 1. The molecule has 0 radical (unpaired) electrons. The lowest BCUT2D eigenvalue weighted by molar-refractivity contribution is 0.183. The summed E-state index contributed by atoms with van der Waals surface area (Å²) in [5.41, 5.74) is 2.50. The summed E-state index contributed by atoms with van der Waals surface area (Å²) in [5.74, 6) is 1.17. The average Bonchev–Trinajstić information content (AvgIpc) is 2.95. The molecule has 4 rings (SSSR count). The second-order valence-electron chi connectivity index (χ2n) is 5.57. The third-order valence-corrected chi connectivity index (χ3v) is 3.99. The molecule has 0 saturated carbocycles. The number of benzene rings is 2. The Bertz CT molecular complexity index is 855. The number of rotatable bonds is 2. The molecule has 114 valence electrons. The van der Waals surface area contributed by atoms with Crippen molar-refractivity contribution in [1.82, 2.24) is 14.8 Å². The van der Waals surface area contributed by atoms with Crippen LogP contribution in [-0.4, -0.2) is 31.7 Å². The fourth-order valence-electron chi connectivity index (χ4n) is 2.96. The molecule has 0 spiro atoms. The summed E-state index contributed by atoms with van der Waals surface area (Å²) < 4.78 is 1.71. The number of aromatic nitrogens is 3. The molecule has 1 aliphatic rings. The molecular formula is C18H16N4O. The van der Waals surface area contributed by atoms with Crippen molar-refractivity contribution in [2.75, 3.05) is 0 Å². The van der Waals surface area contributed by atoms with Crippen LogP contribution in [0.3, 0.4) is 0 Å². The van der Waals surface area contributed by atoms with Crippen molar-refractivity contribution >= 4 is 11.7 Å². The van der Waals surface area contributed by atoms with E-state index in [1.165, 1.54) is 0 Å². The zero-order valence-electron chi connectivity index (χ0n) is 12.7. The number of aliphatic imine (C=N–C) groups is 1. The summed E-state index contributed by atoms with van der Waals surface area (Å²) in [5, 5.41) is 15.4. The van der Waals surface area contributed by atoms with Crippen molar-refractivity contribution in [3.05, 3.63) is 77.6 Å². The first-order valence-corrected chi connectivity index (χ1v) is 7.54. The average molecular weight is 304 g/mol. The topological polar surface area (TPSA) is 63.3 Å². The Hall–Kier alpha value is -2.79. The SMILES string of the molecule is Cc1nc2n(n1)C(c1ccccc1)C(O)C(c1ccccc1)=N2. The van der Waals surface area contributed by atoms with Crippen LogP contribution in [-0.2, 0) is 0 Å². The van der Waals surface area contributed by atoms with Gasteiger partial charge in [-0.2, -0.15) is 10.1 Å². The molecule has 0 saturated heterocycles. The van der Waals surface area contributed by atoms with E-state index in [2.05, 4.69) is 15.1 Å². The van der Waals surface area contributed by atoms with Crippen molar-refractivity contribution < 1.29 is 5.11 Å². The molecule has 1 aromatic heterocycles. The van der Waals surface area contributed by atoms with E-state index in [1.807, 2.05) is 67.6 Å². The summed E-state index contributed by atoms with van der Waals surface area (Å²) in [7, 11) is 0. The van der Waals surface area contributed by atoms with Crippen LogP contribution >= 0.6 is 0 Å². The maximum atomic E-state index is 11.0. The van der Waals surface area contributed by atoms with E-state index >= 15 is 0 Å². The molecule has 2 atom stereocenters. The fourth-order valence-corrected chi connectivity index (χ4v) is 2.96. The summed E-state index contributed by atoms with van der Waals surface area (Å²) in [6, 6.07) is 19.2. The minimum absolute atomic E-state index is 0.333. The minimum Gasteiger partial charge on any atom is -0.384 e. The predicted octanol–water partition coefficient (Wildman–Crippen LogP) is 2.67. The monoisotopic (exact) mass is 304 g/mol. The largest absolute Gasteiger partial charge is 0.384 e. The molecule has 5 heteroatoms. The van der Waals surface area contributed by atoms with Gasteiger partial charge in [-0.15, -0.1) is 0 Å². The van der Waals surface area contributed by atoms with Crippen LogP contribution in [0.25, 0.3) is 0 Å². The lowest BCUT2D eigenvalue weighted by Crippen LogP contribution is -2.36. The Labute approximate surface area is 134 Å². The summed E-state index contributed by atoms with van der Waals surface area (Å²) in [4.78, 5) is 8.94. The van der Waals surface area contributed by atoms with Crippen LogP contribution in [0.15, 0.2) is 65.7 Å². The zero-order valence-corrected chi connectivity index (χ0v) is 12.7. The van der Waals surface area contributed by atoms with Crippen molar-refractivity contribution in [3.8, 4) is 0 Å². The lowest BCUT2D eigenvalue weighted by Gasteiger charge is -2.29. The molecule has 1 aliphatic heterocycles. The molecule has 0 amide bonds. The first kappa shape index (κ1) is 13.8. The standard InChI is InChI=1S/C18H16N4O/c1-12-19-18-20-15(13-8-4-2-5-9-13)17(23)16(22(18)21-12)14-10-6-3-7-11-14/h2-11,16-17,23H,1H3. The van der Waals surface area contributed by atoms with Gasteiger partial charge >= 0.3 is 0 Å². The Balaban J connectivity index is 1.90. The van der Waals surface area contributed by atoms with Crippen molar-refractivity contribution in [2.24, 2.45) is 4.99 Å². The van der Waals surface area contributed by atoms with Crippen molar-refractivity contribution in [1.29, 1.82) is 0 Å². The second-order valence-corrected chi connectivity index (χ2v) is 5.57. The maximum absolute atomic E-state index is 11.0. The number of aryl methyl sites for hydroxylation is 1. The van der Waals surface area contributed by atoms with Crippen LogP contribution in [0.1, 0.15) is 23.0 Å². The molecule has 0 fully saturated rings. The second kappa shape index (κ2) is 5.44. The molecule has 5 nitrogen and oxygen atoms in total. The normalized spacial score (nSPS) is 20.0. The first-order valence-electron chi connectivity index (χ1n) is 7.54. The zero-order chi connectivity index (χ0) is 15.8. The lowest BCUT2D eigenvalue weighted by atomic mass is 9.93. The van der Waals surface area contributed by atoms with Gasteiger partial charge in [0.05, 0.1) is 5.71 Å². The van der Waals surface area contributed by atoms with Crippen LogP contribution in [0.4, 0.5) is 5.95 Å².